The van der Waals surface area contributed by atoms with Crippen molar-refractivity contribution in [2.75, 3.05) is 13.7 Å². The van der Waals surface area contributed by atoms with Crippen LogP contribution >= 0.6 is 0 Å². The van der Waals surface area contributed by atoms with Gasteiger partial charge in [0.1, 0.15) is 11.9 Å². The molecule has 0 aliphatic heterocycles. The zero-order valence-corrected chi connectivity index (χ0v) is 16.9. The van der Waals surface area contributed by atoms with Crippen LogP contribution in [0, 0.1) is 18.3 Å². The fraction of sp³-hybridized carbons (Fsp3) is 0.217. The highest BCUT2D eigenvalue weighted by molar-refractivity contribution is 5.85. The summed E-state index contributed by atoms with van der Waals surface area (Å²) in [6.07, 6.45) is 0.409. The lowest BCUT2D eigenvalue weighted by molar-refractivity contribution is 0.311. The number of ether oxygens (including phenoxy) is 2. The third-order valence-corrected chi connectivity index (χ3v) is 4.96. The van der Waals surface area contributed by atoms with E-state index in [-0.39, 0.29) is 5.56 Å². The average molecular weight is 400 g/mol. The van der Waals surface area contributed by atoms with Crippen molar-refractivity contribution in [2.45, 2.75) is 20.3 Å². The fourth-order valence-corrected chi connectivity index (χ4v) is 3.49. The number of pyridine rings is 1. The summed E-state index contributed by atoms with van der Waals surface area (Å²) in [4.78, 5) is 24.8. The Morgan fingerprint density at radius 2 is 2.00 bits per heavy atom. The van der Waals surface area contributed by atoms with Gasteiger partial charge >= 0.3 is 0 Å². The minimum absolute atomic E-state index is 0.241. The van der Waals surface area contributed by atoms with Crippen LogP contribution in [0.2, 0.25) is 0 Å². The average Bonchev–Trinajstić information content (AvgIpc) is 2.74. The molecular formula is C23H20N4O3. The van der Waals surface area contributed by atoms with Crippen LogP contribution in [0.4, 0.5) is 0 Å². The van der Waals surface area contributed by atoms with Gasteiger partial charge in [0.25, 0.3) is 5.56 Å². The van der Waals surface area contributed by atoms with E-state index in [0.717, 1.165) is 16.6 Å². The van der Waals surface area contributed by atoms with Gasteiger partial charge in [0.15, 0.2) is 11.5 Å². The molecule has 30 heavy (non-hydrogen) atoms. The zero-order chi connectivity index (χ0) is 21.3. The van der Waals surface area contributed by atoms with Crippen molar-refractivity contribution in [3.8, 4) is 17.6 Å². The number of aromatic amines is 1. The predicted molar refractivity (Wildman–Crippen MR) is 114 cm³/mol. The van der Waals surface area contributed by atoms with Crippen LogP contribution in [-0.4, -0.2) is 28.7 Å². The minimum atomic E-state index is -0.241. The Hall–Kier alpha value is -3.92. The van der Waals surface area contributed by atoms with Crippen LogP contribution in [-0.2, 0) is 6.42 Å². The monoisotopic (exact) mass is 400 g/mol. The summed E-state index contributed by atoms with van der Waals surface area (Å²) in [5, 5.41) is 10.6. The first-order chi connectivity index (χ1) is 14.5. The number of benzene rings is 2. The smallest absolute Gasteiger partial charge is 0.258 e. The molecule has 7 nitrogen and oxygen atoms in total. The largest absolute Gasteiger partial charge is 0.493 e. The van der Waals surface area contributed by atoms with Gasteiger partial charge in [-0.1, -0.05) is 12.1 Å². The maximum absolute atomic E-state index is 12.7. The van der Waals surface area contributed by atoms with E-state index in [2.05, 4.69) is 21.0 Å². The standard InChI is InChI=1S/C23H20N4O3/c1-4-30-20-11-18-17(10-19(20)29-3)23(28)27-21(26-18)9-16-8-14-6-5-7-15(12-24)22(14)25-13(16)2/h5-8,10-11H,4,9H2,1-3H3,(H,26,27,28). The molecule has 2 aromatic heterocycles. The molecule has 0 bridgehead atoms. The zero-order valence-electron chi connectivity index (χ0n) is 16.9. The predicted octanol–water partition coefficient (Wildman–Crippen LogP) is 3.65. The number of nitrogens with one attached hydrogen (secondary N) is 1. The van der Waals surface area contributed by atoms with Crippen LogP contribution < -0.4 is 15.0 Å². The van der Waals surface area contributed by atoms with Crippen molar-refractivity contribution >= 4 is 21.8 Å². The van der Waals surface area contributed by atoms with Crippen LogP contribution in [0.3, 0.4) is 0 Å². The van der Waals surface area contributed by atoms with Crippen LogP contribution in [0.1, 0.15) is 29.6 Å². The second kappa shape index (κ2) is 7.84. The molecule has 2 aromatic carbocycles. The number of nitrogens with zero attached hydrogens (tertiary/aromatic N) is 3. The summed E-state index contributed by atoms with van der Waals surface area (Å²) in [6, 6.07) is 13.0. The van der Waals surface area contributed by atoms with Crippen molar-refractivity contribution < 1.29 is 9.47 Å². The number of aromatic nitrogens is 3. The summed E-state index contributed by atoms with van der Waals surface area (Å²) >= 11 is 0. The second-order valence-corrected chi connectivity index (χ2v) is 6.86. The number of fused-ring (bicyclic) bond motifs is 2. The molecule has 0 amide bonds. The number of methoxy groups -OCH3 is 1. The normalized spacial score (nSPS) is 10.9. The third-order valence-electron chi connectivity index (χ3n) is 4.96. The first kappa shape index (κ1) is 19.4. The van der Waals surface area contributed by atoms with E-state index in [1.807, 2.05) is 32.0 Å². The van der Waals surface area contributed by atoms with Gasteiger partial charge in [-0.25, -0.2) is 4.98 Å². The van der Waals surface area contributed by atoms with Gasteiger partial charge in [-0.15, -0.1) is 0 Å². The molecule has 150 valence electrons. The highest BCUT2D eigenvalue weighted by atomic mass is 16.5. The lowest BCUT2D eigenvalue weighted by Gasteiger charge is -2.11. The molecule has 0 aliphatic rings. The molecule has 4 rings (SSSR count). The Bertz CT molecular complexity index is 1370. The summed E-state index contributed by atoms with van der Waals surface area (Å²) in [6.45, 7) is 4.25. The molecule has 0 saturated carbocycles. The summed E-state index contributed by atoms with van der Waals surface area (Å²) < 4.78 is 10.9. The van der Waals surface area contributed by atoms with E-state index in [1.165, 1.54) is 7.11 Å². The quantitative estimate of drug-likeness (QED) is 0.549. The van der Waals surface area contributed by atoms with Gasteiger partial charge in [-0.3, -0.25) is 9.78 Å². The van der Waals surface area contributed by atoms with Crippen molar-refractivity contribution in [2.24, 2.45) is 0 Å². The molecule has 0 aliphatic carbocycles. The molecule has 2 heterocycles. The number of rotatable bonds is 5. The van der Waals surface area contributed by atoms with E-state index in [4.69, 9.17) is 9.47 Å². The lowest BCUT2D eigenvalue weighted by atomic mass is 10.0. The SMILES string of the molecule is CCOc1cc2nc(Cc3cc4cccc(C#N)c4nc3C)[nH]c(=O)c2cc1OC. The summed E-state index contributed by atoms with van der Waals surface area (Å²) in [7, 11) is 1.53. The number of H-pyrrole nitrogens is 1. The maximum atomic E-state index is 12.7. The molecule has 7 heteroatoms. The molecule has 4 aromatic rings. The molecule has 0 spiro atoms. The Labute approximate surface area is 172 Å². The molecule has 1 N–H and O–H groups in total. The highest BCUT2D eigenvalue weighted by Gasteiger charge is 2.13. The number of hydrogen-bond donors (Lipinski definition) is 1. The molecular weight excluding hydrogens is 380 g/mol. The minimum Gasteiger partial charge on any atom is -0.493 e. The Morgan fingerprint density at radius 1 is 1.17 bits per heavy atom. The van der Waals surface area contributed by atoms with Crippen molar-refractivity contribution in [3.05, 3.63) is 69.4 Å². The fourth-order valence-electron chi connectivity index (χ4n) is 3.49. The van der Waals surface area contributed by atoms with Gasteiger partial charge in [-0.05, 0) is 37.6 Å². The van der Waals surface area contributed by atoms with Gasteiger partial charge in [0, 0.05) is 23.6 Å². The van der Waals surface area contributed by atoms with Gasteiger partial charge in [0.05, 0.1) is 35.7 Å². The van der Waals surface area contributed by atoms with Gasteiger partial charge < -0.3 is 14.5 Å². The Morgan fingerprint density at radius 3 is 2.73 bits per heavy atom. The molecule has 0 fully saturated rings. The van der Waals surface area contributed by atoms with Gasteiger partial charge in [-0.2, -0.15) is 5.26 Å². The highest BCUT2D eigenvalue weighted by Crippen LogP contribution is 2.30. The second-order valence-electron chi connectivity index (χ2n) is 6.86. The van der Waals surface area contributed by atoms with E-state index in [0.29, 0.717) is 52.3 Å². The Kier molecular flexibility index (Phi) is 5.07. The molecule has 0 saturated heterocycles. The van der Waals surface area contributed by atoms with E-state index in [1.54, 1.807) is 18.2 Å². The van der Waals surface area contributed by atoms with E-state index >= 15 is 0 Å². The maximum Gasteiger partial charge on any atom is 0.258 e. The molecule has 0 atom stereocenters. The van der Waals surface area contributed by atoms with Crippen molar-refractivity contribution in [3.63, 3.8) is 0 Å². The summed E-state index contributed by atoms with van der Waals surface area (Å²) in [5.74, 6) is 1.57. The lowest BCUT2D eigenvalue weighted by Crippen LogP contribution is -2.13. The Balaban J connectivity index is 1.80. The number of nitriles is 1. The first-order valence-corrected chi connectivity index (χ1v) is 9.57. The number of para-hydroxylation sites is 1. The number of aryl methyl sites for hydroxylation is 1. The van der Waals surface area contributed by atoms with E-state index < -0.39 is 0 Å². The van der Waals surface area contributed by atoms with Crippen LogP contribution in [0.5, 0.6) is 11.5 Å². The summed E-state index contributed by atoms with van der Waals surface area (Å²) in [5.41, 5.74) is 3.23. The molecule has 0 radical (unpaired) electrons. The number of hydrogen-bond acceptors (Lipinski definition) is 6. The van der Waals surface area contributed by atoms with Crippen LogP contribution in [0.15, 0.2) is 41.2 Å². The topological polar surface area (TPSA) is 101 Å². The van der Waals surface area contributed by atoms with Gasteiger partial charge in [0.2, 0.25) is 0 Å². The first-order valence-electron chi connectivity index (χ1n) is 9.57. The van der Waals surface area contributed by atoms with Crippen LogP contribution in [0.25, 0.3) is 21.8 Å². The molecule has 0 unspecified atom stereocenters. The van der Waals surface area contributed by atoms with Crippen molar-refractivity contribution in [1.82, 2.24) is 15.0 Å². The van der Waals surface area contributed by atoms with Crippen molar-refractivity contribution in [1.29, 1.82) is 5.26 Å². The van der Waals surface area contributed by atoms with E-state index in [9.17, 15) is 10.1 Å². The third kappa shape index (κ3) is 3.44.